The summed E-state index contributed by atoms with van der Waals surface area (Å²) >= 11 is 1.53. The van der Waals surface area contributed by atoms with Crippen molar-refractivity contribution in [3.05, 3.63) is 36.0 Å². The number of aromatic nitrogens is 3. The molecule has 0 spiro atoms. The van der Waals surface area contributed by atoms with Gasteiger partial charge in [-0.05, 0) is 24.3 Å². The highest BCUT2D eigenvalue weighted by molar-refractivity contribution is 7.18. The summed E-state index contributed by atoms with van der Waals surface area (Å²) in [4.78, 5) is 1.91. The van der Waals surface area contributed by atoms with Crippen LogP contribution in [0.2, 0.25) is 0 Å². The zero-order chi connectivity index (χ0) is 14.2. The molecule has 0 saturated heterocycles. The Morgan fingerprint density at radius 2 is 2.05 bits per heavy atom. The summed E-state index contributed by atoms with van der Waals surface area (Å²) in [6.45, 7) is 0.243. The van der Waals surface area contributed by atoms with Crippen molar-refractivity contribution >= 4 is 11.3 Å². The lowest BCUT2D eigenvalue weighted by molar-refractivity contribution is 0.174. The van der Waals surface area contributed by atoms with Crippen molar-refractivity contribution in [1.82, 2.24) is 15.4 Å². The molecule has 3 aromatic rings. The monoisotopic (exact) mass is 296 g/mol. The second kappa shape index (κ2) is 4.61. The third-order valence-corrected chi connectivity index (χ3v) is 4.28. The summed E-state index contributed by atoms with van der Waals surface area (Å²) in [5.41, 5.74) is 1.84. The first-order chi connectivity index (χ1) is 10.4. The van der Waals surface area contributed by atoms with E-state index in [0.717, 1.165) is 26.8 Å². The van der Waals surface area contributed by atoms with Gasteiger partial charge >= 0.3 is 0 Å². The highest BCUT2D eigenvalue weighted by Gasteiger charge is 2.20. The molecule has 1 N–H and O–H groups in total. The number of nitrogens with one attached hydrogen (secondary N) is 1. The SMILES string of the molecule is N#Cc1n[nH]nc1-c1ccc(-c2cccc3c2OCO3)s1. The molecule has 1 aliphatic rings. The maximum Gasteiger partial charge on any atom is 0.231 e. The predicted octanol–water partition coefficient (Wildman–Crippen LogP) is 2.80. The molecule has 1 aromatic carbocycles. The molecule has 6 nitrogen and oxygen atoms in total. The second-order valence-corrected chi connectivity index (χ2v) is 5.42. The Balaban J connectivity index is 1.80. The molecular weight excluding hydrogens is 288 g/mol. The van der Waals surface area contributed by atoms with E-state index in [2.05, 4.69) is 15.4 Å². The molecule has 0 unspecified atom stereocenters. The van der Waals surface area contributed by atoms with Crippen LogP contribution in [-0.4, -0.2) is 22.2 Å². The molecule has 21 heavy (non-hydrogen) atoms. The van der Waals surface area contributed by atoms with Gasteiger partial charge in [-0.25, -0.2) is 0 Å². The predicted molar refractivity (Wildman–Crippen MR) is 76.0 cm³/mol. The van der Waals surface area contributed by atoms with Crippen molar-refractivity contribution in [3.63, 3.8) is 0 Å². The third kappa shape index (κ3) is 1.85. The van der Waals surface area contributed by atoms with Crippen molar-refractivity contribution in [1.29, 1.82) is 5.26 Å². The summed E-state index contributed by atoms with van der Waals surface area (Å²) in [5, 5.41) is 19.3. The van der Waals surface area contributed by atoms with Gasteiger partial charge in [0.15, 0.2) is 17.2 Å². The Bertz CT molecular complexity index is 862. The fourth-order valence-corrected chi connectivity index (χ4v) is 3.23. The molecule has 0 atom stereocenters. The van der Waals surface area contributed by atoms with E-state index in [1.54, 1.807) is 0 Å². The van der Waals surface area contributed by atoms with E-state index in [9.17, 15) is 0 Å². The number of nitrogens with zero attached hydrogens (tertiary/aromatic N) is 3. The fraction of sp³-hybridized carbons (Fsp3) is 0.0714. The van der Waals surface area contributed by atoms with Crippen LogP contribution in [0.15, 0.2) is 30.3 Å². The molecule has 2 aromatic heterocycles. The Hall–Kier alpha value is -2.85. The minimum atomic E-state index is 0.243. The van der Waals surface area contributed by atoms with E-state index in [-0.39, 0.29) is 6.79 Å². The molecule has 0 saturated carbocycles. The number of aromatic amines is 1. The minimum Gasteiger partial charge on any atom is -0.454 e. The number of nitriles is 1. The summed E-state index contributed by atoms with van der Waals surface area (Å²) in [5.74, 6) is 1.51. The van der Waals surface area contributed by atoms with Crippen LogP contribution >= 0.6 is 11.3 Å². The molecule has 4 rings (SSSR count). The van der Waals surface area contributed by atoms with Gasteiger partial charge in [0.1, 0.15) is 11.8 Å². The van der Waals surface area contributed by atoms with Gasteiger partial charge in [0, 0.05) is 10.4 Å². The van der Waals surface area contributed by atoms with E-state index < -0.39 is 0 Å². The number of ether oxygens (including phenoxy) is 2. The number of benzene rings is 1. The number of thiophene rings is 1. The van der Waals surface area contributed by atoms with Crippen molar-refractivity contribution in [2.75, 3.05) is 6.79 Å². The molecule has 1 aliphatic heterocycles. The van der Waals surface area contributed by atoms with Crippen LogP contribution in [0.3, 0.4) is 0 Å². The van der Waals surface area contributed by atoms with Gasteiger partial charge in [0.2, 0.25) is 6.79 Å². The minimum absolute atomic E-state index is 0.243. The smallest absolute Gasteiger partial charge is 0.231 e. The topological polar surface area (TPSA) is 83.8 Å². The van der Waals surface area contributed by atoms with Gasteiger partial charge in [0.25, 0.3) is 0 Å². The molecule has 3 heterocycles. The van der Waals surface area contributed by atoms with E-state index in [1.807, 2.05) is 36.4 Å². The Morgan fingerprint density at radius 1 is 1.14 bits per heavy atom. The summed E-state index contributed by atoms with van der Waals surface area (Å²) in [7, 11) is 0. The van der Waals surface area contributed by atoms with Gasteiger partial charge in [-0.1, -0.05) is 6.07 Å². The lowest BCUT2D eigenvalue weighted by atomic mass is 10.1. The highest BCUT2D eigenvalue weighted by Crippen LogP contribution is 2.44. The van der Waals surface area contributed by atoms with Crippen molar-refractivity contribution in [2.45, 2.75) is 0 Å². The van der Waals surface area contributed by atoms with Crippen LogP contribution in [0, 0.1) is 11.3 Å². The molecule has 0 fully saturated rings. The highest BCUT2D eigenvalue weighted by atomic mass is 32.1. The number of para-hydroxylation sites is 1. The number of hydrogen-bond donors (Lipinski definition) is 1. The van der Waals surface area contributed by atoms with Gasteiger partial charge < -0.3 is 9.47 Å². The zero-order valence-corrected chi connectivity index (χ0v) is 11.5. The molecule has 0 bridgehead atoms. The van der Waals surface area contributed by atoms with E-state index in [1.165, 1.54) is 11.3 Å². The third-order valence-electron chi connectivity index (χ3n) is 3.16. The Kier molecular flexibility index (Phi) is 2.62. The average molecular weight is 296 g/mol. The van der Waals surface area contributed by atoms with Crippen molar-refractivity contribution in [3.8, 4) is 38.6 Å². The van der Waals surface area contributed by atoms with Gasteiger partial charge in [-0.3, -0.25) is 0 Å². The number of fused-ring (bicyclic) bond motifs is 1. The lowest BCUT2D eigenvalue weighted by Gasteiger charge is -2.02. The summed E-state index contributed by atoms with van der Waals surface area (Å²) in [6, 6.07) is 11.7. The van der Waals surface area contributed by atoms with Gasteiger partial charge in [0.05, 0.1) is 4.88 Å². The molecule has 0 amide bonds. The van der Waals surface area contributed by atoms with Crippen molar-refractivity contribution in [2.24, 2.45) is 0 Å². The molecule has 102 valence electrons. The van der Waals surface area contributed by atoms with Gasteiger partial charge in [-0.15, -0.1) is 16.4 Å². The Labute approximate surface area is 123 Å². The number of rotatable bonds is 2. The van der Waals surface area contributed by atoms with Gasteiger partial charge in [-0.2, -0.15) is 15.6 Å². The quantitative estimate of drug-likeness (QED) is 0.786. The molecule has 7 heteroatoms. The first-order valence-corrected chi connectivity index (χ1v) is 6.98. The largest absolute Gasteiger partial charge is 0.454 e. The van der Waals surface area contributed by atoms with Crippen molar-refractivity contribution < 1.29 is 9.47 Å². The van der Waals surface area contributed by atoms with E-state index >= 15 is 0 Å². The van der Waals surface area contributed by atoms with Crippen LogP contribution in [0.1, 0.15) is 5.69 Å². The van der Waals surface area contributed by atoms with Crippen LogP contribution in [0.25, 0.3) is 21.0 Å². The van der Waals surface area contributed by atoms with Crippen LogP contribution < -0.4 is 9.47 Å². The normalized spacial score (nSPS) is 12.3. The average Bonchev–Trinajstić information content (AvgIpc) is 3.24. The molecule has 0 radical (unpaired) electrons. The maximum absolute atomic E-state index is 9.01. The number of H-pyrrole nitrogens is 1. The zero-order valence-electron chi connectivity index (χ0n) is 10.7. The lowest BCUT2D eigenvalue weighted by Crippen LogP contribution is -1.93. The first kappa shape index (κ1) is 11.9. The molecule has 0 aliphatic carbocycles. The standard InChI is InChI=1S/C14H8N4O2S/c15-6-9-13(17-18-16-9)12-5-4-11(21-12)8-2-1-3-10-14(8)20-7-19-10/h1-5H,7H2,(H,16,17,18). The number of hydrogen-bond acceptors (Lipinski definition) is 6. The summed E-state index contributed by atoms with van der Waals surface area (Å²) in [6.07, 6.45) is 0. The maximum atomic E-state index is 9.01. The van der Waals surface area contributed by atoms with Crippen LogP contribution in [0.5, 0.6) is 11.5 Å². The van der Waals surface area contributed by atoms with E-state index in [4.69, 9.17) is 14.7 Å². The Morgan fingerprint density at radius 3 is 2.95 bits per heavy atom. The van der Waals surface area contributed by atoms with Crippen LogP contribution in [0.4, 0.5) is 0 Å². The van der Waals surface area contributed by atoms with Crippen LogP contribution in [-0.2, 0) is 0 Å². The molecular formula is C14H8N4O2S. The summed E-state index contributed by atoms with van der Waals surface area (Å²) < 4.78 is 10.9. The second-order valence-electron chi connectivity index (χ2n) is 4.34. The first-order valence-electron chi connectivity index (χ1n) is 6.17. The fourth-order valence-electron chi connectivity index (χ4n) is 2.21. The van der Waals surface area contributed by atoms with E-state index in [0.29, 0.717) is 11.4 Å².